The summed E-state index contributed by atoms with van der Waals surface area (Å²) < 4.78 is 7.62. The van der Waals surface area contributed by atoms with Crippen LogP contribution < -0.4 is 5.32 Å². The zero-order chi connectivity index (χ0) is 9.80. The molecule has 0 saturated carbocycles. The lowest BCUT2D eigenvalue weighted by molar-refractivity contribution is 0.120. The Morgan fingerprint density at radius 1 is 1.71 bits per heavy atom. The van der Waals surface area contributed by atoms with Crippen LogP contribution >= 0.6 is 0 Å². The fourth-order valence-electron chi connectivity index (χ4n) is 1.74. The molecule has 0 radical (unpaired) electrons. The Kier molecular flexibility index (Phi) is 3.03. The van der Waals surface area contributed by atoms with Gasteiger partial charge in [-0.05, 0) is 19.8 Å². The molecule has 1 aliphatic heterocycles. The van der Waals surface area contributed by atoms with Gasteiger partial charge in [0.05, 0.1) is 6.10 Å². The van der Waals surface area contributed by atoms with Gasteiger partial charge in [0, 0.05) is 32.1 Å². The van der Waals surface area contributed by atoms with Crippen LogP contribution in [0.5, 0.6) is 0 Å². The second-order valence-electron chi connectivity index (χ2n) is 3.55. The Morgan fingerprint density at radius 2 is 2.64 bits per heavy atom. The average molecular weight is 195 g/mol. The first-order chi connectivity index (χ1) is 6.90. The summed E-state index contributed by atoms with van der Waals surface area (Å²) >= 11 is 0. The van der Waals surface area contributed by atoms with Gasteiger partial charge in [-0.15, -0.1) is 0 Å². The topological polar surface area (TPSA) is 39.1 Å². The molecular weight excluding hydrogens is 178 g/mol. The van der Waals surface area contributed by atoms with Crippen LogP contribution in [0.3, 0.4) is 0 Å². The Balaban J connectivity index is 1.84. The number of anilines is 1. The Hall–Kier alpha value is -1.03. The molecule has 0 aliphatic carbocycles. The first-order valence-electron chi connectivity index (χ1n) is 5.26. The molecule has 1 aliphatic rings. The van der Waals surface area contributed by atoms with Crippen molar-refractivity contribution in [3.8, 4) is 0 Å². The molecule has 0 spiro atoms. The molecule has 0 aromatic carbocycles. The van der Waals surface area contributed by atoms with Crippen molar-refractivity contribution >= 4 is 5.95 Å². The molecule has 14 heavy (non-hydrogen) atoms. The molecule has 2 heterocycles. The summed E-state index contributed by atoms with van der Waals surface area (Å²) in [6.07, 6.45) is 6.53. The quantitative estimate of drug-likeness (QED) is 0.791. The van der Waals surface area contributed by atoms with Crippen LogP contribution in [0.4, 0.5) is 5.95 Å². The first kappa shape index (κ1) is 9.52. The monoisotopic (exact) mass is 195 g/mol. The molecule has 2 rings (SSSR count). The van der Waals surface area contributed by atoms with E-state index in [2.05, 4.69) is 21.8 Å². The third-order valence-corrected chi connectivity index (χ3v) is 2.57. The molecule has 1 unspecified atom stereocenters. The standard InChI is InChI=1S/C10H17N3O/c1-2-13-6-5-11-10(13)12-8-9-4-3-7-14-9/h5-6,9H,2-4,7-8H2,1H3,(H,11,12). The molecule has 78 valence electrons. The number of aromatic nitrogens is 2. The lowest BCUT2D eigenvalue weighted by Crippen LogP contribution is -2.20. The Morgan fingerprint density at radius 3 is 3.36 bits per heavy atom. The maximum absolute atomic E-state index is 5.53. The molecular formula is C10H17N3O. The zero-order valence-corrected chi connectivity index (χ0v) is 8.57. The van der Waals surface area contributed by atoms with Crippen LogP contribution in [0.15, 0.2) is 12.4 Å². The second-order valence-corrected chi connectivity index (χ2v) is 3.55. The number of rotatable bonds is 4. The van der Waals surface area contributed by atoms with Crippen LogP contribution in [0.25, 0.3) is 0 Å². The van der Waals surface area contributed by atoms with E-state index in [9.17, 15) is 0 Å². The van der Waals surface area contributed by atoms with Gasteiger partial charge in [-0.1, -0.05) is 0 Å². The number of nitrogens with zero attached hydrogens (tertiary/aromatic N) is 2. The first-order valence-corrected chi connectivity index (χ1v) is 5.26. The summed E-state index contributed by atoms with van der Waals surface area (Å²) in [5.41, 5.74) is 0. The van der Waals surface area contributed by atoms with Gasteiger partial charge in [-0.25, -0.2) is 4.98 Å². The van der Waals surface area contributed by atoms with Crippen molar-refractivity contribution in [2.24, 2.45) is 0 Å². The van der Waals surface area contributed by atoms with Crippen molar-refractivity contribution < 1.29 is 4.74 Å². The lowest BCUT2D eigenvalue weighted by Gasteiger charge is -2.11. The number of aryl methyl sites for hydroxylation is 1. The lowest BCUT2D eigenvalue weighted by atomic mass is 10.2. The van der Waals surface area contributed by atoms with Crippen molar-refractivity contribution in [2.75, 3.05) is 18.5 Å². The highest BCUT2D eigenvalue weighted by molar-refractivity contribution is 5.25. The molecule has 0 amide bonds. The SMILES string of the molecule is CCn1ccnc1NCC1CCCO1. The fourth-order valence-corrected chi connectivity index (χ4v) is 1.74. The Bertz CT molecular complexity index is 279. The zero-order valence-electron chi connectivity index (χ0n) is 8.57. The predicted octanol–water partition coefficient (Wildman–Crippen LogP) is 1.49. The largest absolute Gasteiger partial charge is 0.376 e. The number of nitrogens with one attached hydrogen (secondary N) is 1. The van der Waals surface area contributed by atoms with Crippen LogP contribution in [-0.2, 0) is 11.3 Å². The average Bonchev–Trinajstić information content (AvgIpc) is 2.85. The molecule has 4 nitrogen and oxygen atoms in total. The van der Waals surface area contributed by atoms with Crippen molar-refractivity contribution in [2.45, 2.75) is 32.4 Å². The number of imidazole rings is 1. The van der Waals surface area contributed by atoms with Gasteiger partial charge in [-0.2, -0.15) is 0 Å². The number of ether oxygens (including phenoxy) is 1. The van der Waals surface area contributed by atoms with E-state index in [4.69, 9.17) is 4.74 Å². The summed E-state index contributed by atoms with van der Waals surface area (Å²) in [6, 6.07) is 0. The van der Waals surface area contributed by atoms with E-state index >= 15 is 0 Å². The molecule has 1 aromatic heterocycles. The highest BCUT2D eigenvalue weighted by atomic mass is 16.5. The summed E-state index contributed by atoms with van der Waals surface area (Å²) in [7, 11) is 0. The van der Waals surface area contributed by atoms with Gasteiger partial charge in [0.2, 0.25) is 5.95 Å². The van der Waals surface area contributed by atoms with E-state index in [0.29, 0.717) is 6.10 Å². The van der Waals surface area contributed by atoms with Gasteiger partial charge in [0.25, 0.3) is 0 Å². The van der Waals surface area contributed by atoms with Crippen LogP contribution in [0.1, 0.15) is 19.8 Å². The molecule has 1 aromatic rings. The third-order valence-electron chi connectivity index (χ3n) is 2.57. The molecule has 4 heteroatoms. The van der Waals surface area contributed by atoms with Gasteiger partial charge in [0.1, 0.15) is 0 Å². The molecule has 1 fully saturated rings. The predicted molar refractivity (Wildman–Crippen MR) is 55.4 cm³/mol. The van der Waals surface area contributed by atoms with Gasteiger partial charge < -0.3 is 14.6 Å². The van der Waals surface area contributed by atoms with Crippen LogP contribution in [0.2, 0.25) is 0 Å². The normalized spacial score (nSPS) is 21.4. The fraction of sp³-hybridized carbons (Fsp3) is 0.700. The highest BCUT2D eigenvalue weighted by Crippen LogP contribution is 2.12. The van der Waals surface area contributed by atoms with Gasteiger partial charge in [0.15, 0.2) is 0 Å². The molecule has 1 atom stereocenters. The second kappa shape index (κ2) is 4.46. The van der Waals surface area contributed by atoms with Gasteiger partial charge >= 0.3 is 0 Å². The third kappa shape index (κ3) is 2.07. The van der Waals surface area contributed by atoms with E-state index in [1.165, 1.54) is 12.8 Å². The number of hydrogen-bond acceptors (Lipinski definition) is 3. The van der Waals surface area contributed by atoms with Crippen LogP contribution in [0, 0.1) is 0 Å². The smallest absolute Gasteiger partial charge is 0.202 e. The van der Waals surface area contributed by atoms with Crippen molar-refractivity contribution in [1.82, 2.24) is 9.55 Å². The Labute approximate surface area is 84.3 Å². The summed E-state index contributed by atoms with van der Waals surface area (Å²) in [6.45, 7) is 4.85. The van der Waals surface area contributed by atoms with Crippen molar-refractivity contribution in [3.05, 3.63) is 12.4 Å². The maximum atomic E-state index is 5.53. The van der Waals surface area contributed by atoms with E-state index in [1.807, 2.05) is 12.4 Å². The van der Waals surface area contributed by atoms with E-state index in [-0.39, 0.29) is 0 Å². The minimum absolute atomic E-state index is 0.372. The number of hydrogen-bond donors (Lipinski definition) is 1. The summed E-state index contributed by atoms with van der Waals surface area (Å²) in [5, 5.41) is 3.31. The van der Waals surface area contributed by atoms with Crippen molar-refractivity contribution in [3.63, 3.8) is 0 Å². The van der Waals surface area contributed by atoms with Gasteiger partial charge in [-0.3, -0.25) is 0 Å². The molecule has 1 saturated heterocycles. The molecule has 0 bridgehead atoms. The van der Waals surface area contributed by atoms with E-state index in [0.717, 1.165) is 25.6 Å². The summed E-state index contributed by atoms with van der Waals surface area (Å²) in [4.78, 5) is 4.24. The maximum Gasteiger partial charge on any atom is 0.202 e. The minimum atomic E-state index is 0.372. The van der Waals surface area contributed by atoms with E-state index in [1.54, 1.807) is 0 Å². The van der Waals surface area contributed by atoms with Crippen molar-refractivity contribution in [1.29, 1.82) is 0 Å². The van der Waals surface area contributed by atoms with Crippen LogP contribution in [-0.4, -0.2) is 28.8 Å². The highest BCUT2D eigenvalue weighted by Gasteiger charge is 2.15. The molecule has 1 N–H and O–H groups in total. The minimum Gasteiger partial charge on any atom is -0.376 e. The van der Waals surface area contributed by atoms with E-state index < -0.39 is 0 Å². The summed E-state index contributed by atoms with van der Waals surface area (Å²) in [5.74, 6) is 0.947.